The third kappa shape index (κ3) is 2.27. The van der Waals surface area contributed by atoms with Gasteiger partial charge in [-0.2, -0.15) is 0 Å². The molecule has 0 spiro atoms. The number of hydrogen-bond acceptors (Lipinski definition) is 0. The molecule has 0 amide bonds. The van der Waals surface area contributed by atoms with E-state index in [1.807, 2.05) is 0 Å². The number of benzene rings is 3. The van der Waals surface area contributed by atoms with Crippen LogP contribution in [0.3, 0.4) is 0 Å². The van der Waals surface area contributed by atoms with Gasteiger partial charge in [-0.05, 0) is 46.4 Å². The molecule has 0 atom stereocenters. The molecular weight excluding hydrogens is 264 g/mol. The second kappa shape index (κ2) is 5.65. The third-order valence-corrected chi connectivity index (χ3v) is 4.11. The van der Waals surface area contributed by atoms with E-state index < -0.39 is 0 Å². The van der Waals surface area contributed by atoms with Crippen LogP contribution in [0.5, 0.6) is 0 Å². The molecule has 0 heterocycles. The predicted octanol–water partition coefficient (Wildman–Crippen LogP) is 6.20. The molecule has 0 saturated heterocycles. The molecule has 0 nitrogen and oxygen atoms in total. The minimum absolute atomic E-state index is 0. The van der Waals surface area contributed by atoms with Crippen LogP contribution in [0.2, 0.25) is 0 Å². The lowest BCUT2D eigenvalue weighted by Gasteiger charge is -2.03. The first-order chi connectivity index (χ1) is 10.3. The molecule has 0 fully saturated rings. The van der Waals surface area contributed by atoms with Gasteiger partial charge in [-0.25, -0.2) is 0 Å². The zero-order valence-corrected chi connectivity index (χ0v) is 12.0. The van der Waals surface area contributed by atoms with E-state index in [9.17, 15) is 0 Å². The second-order valence-corrected chi connectivity index (χ2v) is 5.56. The van der Waals surface area contributed by atoms with Crippen LogP contribution in [0.1, 0.15) is 29.7 Å². The number of rotatable bonds is 1. The van der Waals surface area contributed by atoms with E-state index in [0.29, 0.717) is 0 Å². The average molecular weight is 284 g/mol. The van der Waals surface area contributed by atoms with Crippen molar-refractivity contribution in [2.45, 2.75) is 14.4 Å². The lowest BCUT2D eigenvalue weighted by molar-refractivity contribution is 1.46. The summed E-state index contributed by atoms with van der Waals surface area (Å²) in [6, 6.07) is 26.0. The minimum atomic E-state index is 0. The zero-order chi connectivity index (χ0) is 14.2. The first-order valence-corrected chi connectivity index (χ1v) is 7.30. The predicted molar refractivity (Wildman–Crippen MR) is 96.8 cm³/mol. The van der Waals surface area contributed by atoms with E-state index in [0.717, 1.165) is 0 Å². The molecular formula is C22H20. The fraction of sp³-hybridized carbons (Fsp3) is 0.0909. The summed E-state index contributed by atoms with van der Waals surface area (Å²) >= 11 is 0. The van der Waals surface area contributed by atoms with Crippen molar-refractivity contribution in [3.05, 3.63) is 95.1 Å². The van der Waals surface area contributed by atoms with E-state index in [1.165, 1.54) is 39.0 Å². The van der Waals surface area contributed by atoms with Gasteiger partial charge in [0.05, 0.1) is 0 Å². The summed E-state index contributed by atoms with van der Waals surface area (Å²) in [5.41, 5.74) is 9.22. The molecule has 0 heteroatoms. The smallest absolute Gasteiger partial charge is 0.00930 e. The number of aryl methyl sites for hydroxylation is 1. The fourth-order valence-corrected chi connectivity index (χ4v) is 3.04. The molecule has 0 radical (unpaired) electrons. The van der Waals surface area contributed by atoms with Gasteiger partial charge >= 0.3 is 0 Å². The minimum Gasteiger partial charge on any atom is -0.0776 e. The highest BCUT2D eigenvalue weighted by molar-refractivity contribution is 6.06. The number of fused-ring (bicyclic) bond motifs is 3. The highest BCUT2D eigenvalue weighted by Gasteiger charge is 2.21. The van der Waals surface area contributed by atoms with Gasteiger partial charge in [0, 0.05) is 0 Å². The summed E-state index contributed by atoms with van der Waals surface area (Å²) in [4.78, 5) is 0. The standard InChI is InChI=1S/C21H16.CH4/c1-15-10-12-16(13-11-15)14-21-19-8-4-2-6-17(19)18-7-3-5-9-20(18)21;/h2-14H,1H3;1H4. The van der Waals surface area contributed by atoms with Gasteiger partial charge in [-0.3, -0.25) is 0 Å². The van der Waals surface area contributed by atoms with Crippen molar-refractivity contribution in [1.29, 1.82) is 0 Å². The van der Waals surface area contributed by atoms with Crippen molar-refractivity contribution in [3.63, 3.8) is 0 Å². The molecule has 1 aliphatic rings. The molecule has 108 valence electrons. The maximum Gasteiger partial charge on any atom is -0.00930 e. The van der Waals surface area contributed by atoms with Gasteiger partial charge in [-0.1, -0.05) is 85.8 Å². The normalized spacial score (nSPS) is 11.4. The Kier molecular flexibility index (Phi) is 3.68. The molecule has 1 aliphatic carbocycles. The van der Waals surface area contributed by atoms with Gasteiger partial charge in [0.25, 0.3) is 0 Å². The van der Waals surface area contributed by atoms with Gasteiger partial charge in [0.1, 0.15) is 0 Å². The summed E-state index contributed by atoms with van der Waals surface area (Å²) in [5.74, 6) is 0. The zero-order valence-electron chi connectivity index (χ0n) is 12.0. The SMILES string of the molecule is C.Cc1ccc(C=C2c3ccccc3-c3ccccc32)cc1. The summed E-state index contributed by atoms with van der Waals surface area (Å²) in [6.45, 7) is 2.12. The Morgan fingerprint density at radius 2 is 1.05 bits per heavy atom. The van der Waals surface area contributed by atoms with Crippen LogP contribution in [-0.2, 0) is 0 Å². The summed E-state index contributed by atoms with van der Waals surface area (Å²) in [5, 5.41) is 0. The van der Waals surface area contributed by atoms with E-state index in [-0.39, 0.29) is 7.43 Å². The molecule has 0 aliphatic heterocycles. The molecule has 3 aromatic carbocycles. The van der Waals surface area contributed by atoms with Crippen molar-refractivity contribution < 1.29 is 0 Å². The molecule has 3 aromatic rings. The molecule has 0 saturated carbocycles. The van der Waals surface area contributed by atoms with Crippen LogP contribution in [0.15, 0.2) is 72.8 Å². The van der Waals surface area contributed by atoms with Crippen molar-refractivity contribution in [3.8, 4) is 11.1 Å². The topological polar surface area (TPSA) is 0 Å². The Balaban J connectivity index is 0.00000144. The van der Waals surface area contributed by atoms with Crippen molar-refractivity contribution >= 4 is 11.6 Å². The molecule has 0 bridgehead atoms. The Morgan fingerprint density at radius 3 is 1.55 bits per heavy atom. The van der Waals surface area contributed by atoms with Crippen LogP contribution >= 0.6 is 0 Å². The molecule has 0 unspecified atom stereocenters. The maximum atomic E-state index is 2.30. The Morgan fingerprint density at radius 1 is 0.591 bits per heavy atom. The lowest BCUT2D eigenvalue weighted by Crippen LogP contribution is -1.82. The van der Waals surface area contributed by atoms with Crippen molar-refractivity contribution in [2.24, 2.45) is 0 Å². The van der Waals surface area contributed by atoms with Crippen molar-refractivity contribution in [2.75, 3.05) is 0 Å². The van der Waals surface area contributed by atoms with Crippen LogP contribution in [0.25, 0.3) is 22.8 Å². The van der Waals surface area contributed by atoms with Crippen LogP contribution in [-0.4, -0.2) is 0 Å². The summed E-state index contributed by atoms with van der Waals surface area (Å²) in [6.07, 6.45) is 2.30. The average Bonchev–Trinajstić information content (AvgIpc) is 2.85. The highest BCUT2D eigenvalue weighted by Crippen LogP contribution is 2.44. The van der Waals surface area contributed by atoms with Gasteiger partial charge < -0.3 is 0 Å². The Labute approximate surface area is 132 Å². The van der Waals surface area contributed by atoms with E-state index in [4.69, 9.17) is 0 Å². The Bertz CT molecular complexity index is 788. The first-order valence-electron chi connectivity index (χ1n) is 7.30. The van der Waals surface area contributed by atoms with E-state index >= 15 is 0 Å². The quantitative estimate of drug-likeness (QED) is 0.390. The van der Waals surface area contributed by atoms with E-state index in [1.54, 1.807) is 0 Å². The van der Waals surface area contributed by atoms with Gasteiger partial charge in [0.2, 0.25) is 0 Å². The second-order valence-electron chi connectivity index (χ2n) is 5.56. The maximum absolute atomic E-state index is 2.30. The Hall–Kier alpha value is -2.60. The third-order valence-electron chi connectivity index (χ3n) is 4.11. The fourth-order valence-electron chi connectivity index (χ4n) is 3.04. The molecule has 22 heavy (non-hydrogen) atoms. The largest absolute Gasteiger partial charge is 0.0776 e. The summed E-state index contributed by atoms with van der Waals surface area (Å²) < 4.78 is 0. The molecule has 0 aromatic heterocycles. The molecule has 0 N–H and O–H groups in total. The van der Waals surface area contributed by atoms with Crippen molar-refractivity contribution in [1.82, 2.24) is 0 Å². The van der Waals surface area contributed by atoms with E-state index in [2.05, 4.69) is 85.8 Å². The highest BCUT2D eigenvalue weighted by atomic mass is 14.2. The van der Waals surface area contributed by atoms with Gasteiger partial charge in [0.15, 0.2) is 0 Å². The summed E-state index contributed by atoms with van der Waals surface area (Å²) in [7, 11) is 0. The van der Waals surface area contributed by atoms with Crippen LogP contribution in [0.4, 0.5) is 0 Å². The van der Waals surface area contributed by atoms with Gasteiger partial charge in [-0.15, -0.1) is 0 Å². The van der Waals surface area contributed by atoms with Crippen LogP contribution in [0, 0.1) is 6.92 Å². The molecule has 4 rings (SSSR count). The number of hydrogen-bond donors (Lipinski definition) is 0. The first kappa shape index (κ1) is 14.3. The monoisotopic (exact) mass is 284 g/mol. The van der Waals surface area contributed by atoms with Crippen LogP contribution < -0.4 is 0 Å². The lowest BCUT2D eigenvalue weighted by atomic mass is 10.0.